The van der Waals surface area contributed by atoms with Crippen LogP contribution in [-0.4, -0.2) is 39.4 Å². The molecule has 2 aromatic rings. The molecule has 1 amide bonds. The summed E-state index contributed by atoms with van der Waals surface area (Å²) in [5.74, 6) is 1.94. The molecule has 6 heteroatoms. The number of amides is 1. The Morgan fingerprint density at radius 2 is 1.79 bits per heavy atom. The number of hydrogen-bond acceptors (Lipinski definition) is 5. The van der Waals surface area contributed by atoms with Gasteiger partial charge in [0.05, 0.1) is 13.7 Å². The summed E-state index contributed by atoms with van der Waals surface area (Å²) in [5, 5.41) is 2.85. The molecule has 0 heterocycles. The minimum Gasteiger partial charge on any atom is -0.493 e. The summed E-state index contributed by atoms with van der Waals surface area (Å²) in [6, 6.07) is 13.0. The average molecular weight is 387 g/mol. The highest BCUT2D eigenvalue weighted by atomic mass is 16.5. The standard InChI is InChI=1S/C22H29NO5/c1-15(2)17-7-6-8-19(13-17)28-16(3)22(24)23-18-9-10-20(26-5)21(14-18)27-12-11-25-4/h6-10,13-16H,11-12H2,1-5H3,(H,23,24). The molecule has 6 nitrogen and oxygen atoms in total. The highest BCUT2D eigenvalue weighted by molar-refractivity contribution is 5.94. The topological polar surface area (TPSA) is 66.0 Å². The van der Waals surface area contributed by atoms with E-state index in [0.717, 1.165) is 5.56 Å². The Labute approximate surface area is 166 Å². The largest absolute Gasteiger partial charge is 0.493 e. The van der Waals surface area contributed by atoms with Crippen molar-refractivity contribution in [3.8, 4) is 17.2 Å². The van der Waals surface area contributed by atoms with E-state index in [1.807, 2.05) is 24.3 Å². The molecule has 28 heavy (non-hydrogen) atoms. The van der Waals surface area contributed by atoms with E-state index < -0.39 is 6.10 Å². The third-order valence-electron chi connectivity index (χ3n) is 4.18. The van der Waals surface area contributed by atoms with Gasteiger partial charge in [-0.25, -0.2) is 0 Å². The lowest BCUT2D eigenvalue weighted by atomic mass is 10.0. The summed E-state index contributed by atoms with van der Waals surface area (Å²) in [5.41, 5.74) is 1.77. The first-order valence-electron chi connectivity index (χ1n) is 9.31. The van der Waals surface area contributed by atoms with Gasteiger partial charge in [-0.1, -0.05) is 26.0 Å². The molecule has 152 valence electrons. The molecule has 1 unspecified atom stereocenters. The van der Waals surface area contributed by atoms with Gasteiger partial charge in [0.1, 0.15) is 12.4 Å². The SMILES string of the molecule is COCCOc1cc(NC(=O)C(C)Oc2cccc(C(C)C)c2)ccc1OC. The molecule has 1 atom stereocenters. The van der Waals surface area contributed by atoms with Gasteiger partial charge in [0.2, 0.25) is 0 Å². The molecule has 2 aromatic carbocycles. The van der Waals surface area contributed by atoms with Crippen molar-refractivity contribution in [1.29, 1.82) is 0 Å². The van der Waals surface area contributed by atoms with E-state index in [1.54, 1.807) is 39.3 Å². The van der Waals surface area contributed by atoms with Crippen LogP contribution in [0.15, 0.2) is 42.5 Å². The predicted molar refractivity (Wildman–Crippen MR) is 110 cm³/mol. The first-order chi connectivity index (χ1) is 13.4. The molecule has 0 saturated carbocycles. The van der Waals surface area contributed by atoms with Gasteiger partial charge in [0.25, 0.3) is 5.91 Å². The number of nitrogens with one attached hydrogen (secondary N) is 1. The quantitative estimate of drug-likeness (QED) is 0.618. The Kier molecular flexibility index (Phi) is 8.14. The van der Waals surface area contributed by atoms with Crippen LogP contribution in [0.1, 0.15) is 32.3 Å². The number of benzene rings is 2. The van der Waals surface area contributed by atoms with E-state index in [2.05, 4.69) is 19.2 Å². The normalized spacial score (nSPS) is 11.8. The van der Waals surface area contributed by atoms with Gasteiger partial charge in [-0.15, -0.1) is 0 Å². The molecule has 0 saturated heterocycles. The van der Waals surface area contributed by atoms with E-state index in [4.69, 9.17) is 18.9 Å². The van der Waals surface area contributed by atoms with Crippen molar-refractivity contribution in [3.63, 3.8) is 0 Å². The summed E-state index contributed by atoms with van der Waals surface area (Å²) in [4.78, 5) is 12.5. The van der Waals surface area contributed by atoms with Crippen molar-refractivity contribution < 1.29 is 23.7 Å². The predicted octanol–water partition coefficient (Wildman–Crippen LogP) is 4.25. The molecular weight excluding hydrogens is 358 g/mol. The summed E-state index contributed by atoms with van der Waals surface area (Å²) >= 11 is 0. The Bertz CT molecular complexity index is 775. The first kappa shape index (κ1) is 21.6. The Hall–Kier alpha value is -2.73. The fraction of sp³-hybridized carbons (Fsp3) is 0.409. The zero-order valence-electron chi connectivity index (χ0n) is 17.2. The fourth-order valence-corrected chi connectivity index (χ4v) is 2.55. The smallest absolute Gasteiger partial charge is 0.265 e. The third kappa shape index (κ3) is 6.16. The first-order valence-corrected chi connectivity index (χ1v) is 9.31. The average Bonchev–Trinajstić information content (AvgIpc) is 2.68. The lowest BCUT2D eigenvalue weighted by molar-refractivity contribution is -0.122. The van der Waals surface area contributed by atoms with Crippen LogP contribution in [0, 0.1) is 0 Å². The summed E-state index contributed by atoms with van der Waals surface area (Å²) < 4.78 is 21.7. The van der Waals surface area contributed by atoms with Crippen molar-refractivity contribution in [2.24, 2.45) is 0 Å². The molecule has 0 radical (unpaired) electrons. The van der Waals surface area contributed by atoms with Gasteiger partial charge in [0.15, 0.2) is 17.6 Å². The molecule has 0 aliphatic carbocycles. The summed E-state index contributed by atoms with van der Waals surface area (Å²) in [7, 11) is 3.17. The lowest BCUT2D eigenvalue weighted by Crippen LogP contribution is -2.30. The summed E-state index contributed by atoms with van der Waals surface area (Å²) in [6.07, 6.45) is -0.651. The monoisotopic (exact) mass is 387 g/mol. The second kappa shape index (κ2) is 10.6. The number of hydrogen-bond donors (Lipinski definition) is 1. The Morgan fingerprint density at radius 1 is 1.00 bits per heavy atom. The summed E-state index contributed by atoms with van der Waals surface area (Å²) in [6.45, 7) is 6.80. The van der Waals surface area contributed by atoms with Gasteiger partial charge >= 0.3 is 0 Å². The third-order valence-corrected chi connectivity index (χ3v) is 4.18. The lowest BCUT2D eigenvalue weighted by Gasteiger charge is -2.17. The van der Waals surface area contributed by atoms with Crippen LogP contribution in [0.3, 0.4) is 0 Å². The zero-order chi connectivity index (χ0) is 20.5. The van der Waals surface area contributed by atoms with Crippen LogP contribution in [0.25, 0.3) is 0 Å². The Balaban J connectivity index is 2.02. The molecule has 0 spiro atoms. The van der Waals surface area contributed by atoms with Gasteiger partial charge in [-0.3, -0.25) is 4.79 Å². The number of carbonyl (C=O) groups excluding carboxylic acids is 1. The van der Waals surface area contributed by atoms with Crippen LogP contribution in [0.5, 0.6) is 17.2 Å². The van der Waals surface area contributed by atoms with Crippen LogP contribution in [0.4, 0.5) is 5.69 Å². The van der Waals surface area contributed by atoms with Crippen LogP contribution in [0.2, 0.25) is 0 Å². The second-order valence-electron chi connectivity index (χ2n) is 6.68. The molecule has 2 rings (SSSR count). The van der Waals surface area contributed by atoms with E-state index in [0.29, 0.717) is 42.1 Å². The number of methoxy groups -OCH3 is 2. The molecule has 0 fully saturated rings. The van der Waals surface area contributed by atoms with Crippen molar-refractivity contribution >= 4 is 11.6 Å². The van der Waals surface area contributed by atoms with Gasteiger partial charge < -0.3 is 24.3 Å². The zero-order valence-corrected chi connectivity index (χ0v) is 17.2. The van der Waals surface area contributed by atoms with Crippen molar-refractivity contribution in [1.82, 2.24) is 0 Å². The molecule has 0 aliphatic rings. The van der Waals surface area contributed by atoms with E-state index in [1.165, 1.54) is 0 Å². The van der Waals surface area contributed by atoms with Crippen LogP contribution in [-0.2, 0) is 9.53 Å². The van der Waals surface area contributed by atoms with E-state index >= 15 is 0 Å². The number of carbonyl (C=O) groups is 1. The number of anilines is 1. The van der Waals surface area contributed by atoms with Gasteiger partial charge in [-0.2, -0.15) is 0 Å². The molecule has 0 aliphatic heterocycles. The van der Waals surface area contributed by atoms with E-state index in [9.17, 15) is 4.79 Å². The minimum absolute atomic E-state index is 0.247. The van der Waals surface area contributed by atoms with Crippen LogP contribution < -0.4 is 19.5 Å². The maximum absolute atomic E-state index is 12.5. The highest BCUT2D eigenvalue weighted by Crippen LogP contribution is 2.30. The molecular formula is C22H29NO5. The molecule has 0 aromatic heterocycles. The van der Waals surface area contributed by atoms with E-state index in [-0.39, 0.29) is 5.91 Å². The highest BCUT2D eigenvalue weighted by Gasteiger charge is 2.16. The van der Waals surface area contributed by atoms with Gasteiger partial charge in [0, 0.05) is 18.9 Å². The Morgan fingerprint density at radius 3 is 2.46 bits per heavy atom. The minimum atomic E-state index is -0.651. The molecule has 0 bridgehead atoms. The van der Waals surface area contributed by atoms with Crippen molar-refractivity contribution in [2.45, 2.75) is 32.8 Å². The fourth-order valence-electron chi connectivity index (χ4n) is 2.55. The van der Waals surface area contributed by atoms with Crippen molar-refractivity contribution in [3.05, 3.63) is 48.0 Å². The number of ether oxygens (including phenoxy) is 4. The van der Waals surface area contributed by atoms with Crippen molar-refractivity contribution in [2.75, 3.05) is 32.8 Å². The van der Waals surface area contributed by atoms with Crippen LogP contribution >= 0.6 is 0 Å². The maximum Gasteiger partial charge on any atom is 0.265 e. The second-order valence-corrected chi connectivity index (χ2v) is 6.68. The molecule has 1 N–H and O–H groups in total. The number of rotatable bonds is 10. The van der Waals surface area contributed by atoms with Gasteiger partial charge in [-0.05, 0) is 42.7 Å². The maximum atomic E-state index is 12.5.